The molecule has 2 nitrogen and oxygen atoms in total. The molecule has 2 heteroatoms. The van der Waals surface area contributed by atoms with Gasteiger partial charge in [0, 0.05) is 25.3 Å². The molecule has 0 aromatic heterocycles. The van der Waals surface area contributed by atoms with Crippen molar-refractivity contribution >= 4 is 0 Å². The zero-order valence-electron chi connectivity index (χ0n) is 10.2. The summed E-state index contributed by atoms with van der Waals surface area (Å²) >= 11 is 0. The molecule has 0 aromatic carbocycles. The molecule has 0 spiro atoms. The molecule has 2 aliphatic rings. The van der Waals surface area contributed by atoms with Crippen molar-refractivity contribution in [3.63, 3.8) is 0 Å². The SMILES string of the molecule is CC1(C)CCCCC1NC1CCOCC1. The number of nitrogens with one attached hydrogen (secondary N) is 1. The Morgan fingerprint density at radius 3 is 2.47 bits per heavy atom. The van der Waals surface area contributed by atoms with Crippen LogP contribution >= 0.6 is 0 Å². The van der Waals surface area contributed by atoms with E-state index in [-0.39, 0.29) is 0 Å². The molecule has 1 aliphatic carbocycles. The fraction of sp³-hybridized carbons (Fsp3) is 1.00. The average Bonchev–Trinajstić information content (AvgIpc) is 2.23. The molecule has 1 saturated carbocycles. The van der Waals surface area contributed by atoms with E-state index in [1.165, 1.54) is 38.5 Å². The van der Waals surface area contributed by atoms with Crippen LogP contribution in [0.5, 0.6) is 0 Å². The first kappa shape index (κ1) is 11.4. The highest BCUT2D eigenvalue weighted by molar-refractivity contribution is 4.90. The number of rotatable bonds is 2. The molecule has 15 heavy (non-hydrogen) atoms. The van der Waals surface area contributed by atoms with Gasteiger partial charge in [0.1, 0.15) is 0 Å². The zero-order chi connectivity index (χ0) is 10.7. The first-order valence-electron chi connectivity index (χ1n) is 6.52. The molecule has 2 rings (SSSR count). The summed E-state index contributed by atoms with van der Waals surface area (Å²) in [5.41, 5.74) is 0.497. The molecule has 1 unspecified atom stereocenters. The van der Waals surface area contributed by atoms with Crippen LogP contribution in [0, 0.1) is 5.41 Å². The molecule has 1 N–H and O–H groups in total. The maximum absolute atomic E-state index is 5.40. The van der Waals surface area contributed by atoms with Gasteiger partial charge in [0.05, 0.1) is 0 Å². The van der Waals surface area contributed by atoms with Gasteiger partial charge in [0.25, 0.3) is 0 Å². The highest BCUT2D eigenvalue weighted by Gasteiger charge is 2.33. The lowest BCUT2D eigenvalue weighted by molar-refractivity contribution is 0.0612. The summed E-state index contributed by atoms with van der Waals surface area (Å²) in [6.07, 6.45) is 7.97. The highest BCUT2D eigenvalue weighted by Crippen LogP contribution is 2.36. The van der Waals surface area contributed by atoms with Crippen LogP contribution in [0.1, 0.15) is 52.4 Å². The van der Waals surface area contributed by atoms with Crippen molar-refractivity contribution < 1.29 is 4.74 Å². The summed E-state index contributed by atoms with van der Waals surface area (Å²) in [5.74, 6) is 0. The molecule has 0 amide bonds. The molecular formula is C13H25NO. The maximum atomic E-state index is 5.40. The van der Waals surface area contributed by atoms with Gasteiger partial charge in [-0.25, -0.2) is 0 Å². The lowest BCUT2D eigenvalue weighted by Gasteiger charge is -2.42. The summed E-state index contributed by atoms with van der Waals surface area (Å²) in [6.45, 7) is 6.74. The second-order valence-electron chi connectivity index (χ2n) is 5.84. The molecule has 0 aromatic rings. The van der Waals surface area contributed by atoms with Crippen LogP contribution in [-0.2, 0) is 4.74 Å². The zero-order valence-corrected chi connectivity index (χ0v) is 10.2. The fourth-order valence-electron chi connectivity index (χ4n) is 2.95. The first-order chi connectivity index (χ1) is 7.18. The third kappa shape index (κ3) is 2.94. The summed E-state index contributed by atoms with van der Waals surface area (Å²) in [4.78, 5) is 0. The van der Waals surface area contributed by atoms with Gasteiger partial charge in [0.15, 0.2) is 0 Å². The second-order valence-corrected chi connectivity index (χ2v) is 5.84. The third-order valence-corrected chi connectivity index (χ3v) is 4.17. The average molecular weight is 211 g/mol. The van der Waals surface area contributed by atoms with Crippen molar-refractivity contribution in [1.82, 2.24) is 5.32 Å². The maximum Gasteiger partial charge on any atom is 0.0480 e. The van der Waals surface area contributed by atoms with Gasteiger partial charge in [-0.05, 0) is 31.1 Å². The highest BCUT2D eigenvalue weighted by atomic mass is 16.5. The van der Waals surface area contributed by atoms with Gasteiger partial charge >= 0.3 is 0 Å². The van der Waals surface area contributed by atoms with Gasteiger partial charge in [-0.3, -0.25) is 0 Å². The van der Waals surface area contributed by atoms with Crippen LogP contribution in [0.4, 0.5) is 0 Å². The lowest BCUT2D eigenvalue weighted by Crippen LogP contribution is -2.50. The third-order valence-electron chi connectivity index (χ3n) is 4.17. The molecule has 0 bridgehead atoms. The van der Waals surface area contributed by atoms with Gasteiger partial charge < -0.3 is 10.1 Å². The predicted octanol–water partition coefficient (Wildman–Crippen LogP) is 2.72. The van der Waals surface area contributed by atoms with E-state index in [1.54, 1.807) is 0 Å². The van der Waals surface area contributed by atoms with E-state index < -0.39 is 0 Å². The summed E-state index contributed by atoms with van der Waals surface area (Å²) in [5, 5.41) is 3.87. The molecule has 2 fully saturated rings. The van der Waals surface area contributed by atoms with Crippen molar-refractivity contribution in [3.8, 4) is 0 Å². The van der Waals surface area contributed by atoms with Crippen LogP contribution in [0.3, 0.4) is 0 Å². The normalized spacial score (nSPS) is 32.8. The minimum absolute atomic E-state index is 0.497. The Morgan fingerprint density at radius 2 is 1.80 bits per heavy atom. The minimum atomic E-state index is 0.497. The standard InChI is InChI=1S/C13H25NO/c1-13(2)8-4-3-5-12(13)14-11-6-9-15-10-7-11/h11-12,14H,3-10H2,1-2H3. The van der Waals surface area contributed by atoms with E-state index in [4.69, 9.17) is 4.74 Å². The van der Waals surface area contributed by atoms with Gasteiger partial charge in [-0.15, -0.1) is 0 Å². The van der Waals surface area contributed by atoms with E-state index in [0.29, 0.717) is 11.5 Å². The predicted molar refractivity (Wildman–Crippen MR) is 63.0 cm³/mol. The Morgan fingerprint density at radius 1 is 1.07 bits per heavy atom. The summed E-state index contributed by atoms with van der Waals surface area (Å²) in [7, 11) is 0. The molecule has 1 saturated heterocycles. The van der Waals surface area contributed by atoms with Crippen LogP contribution in [-0.4, -0.2) is 25.3 Å². The van der Waals surface area contributed by atoms with E-state index >= 15 is 0 Å². The van der Waals surface area contributed by atoms with E-state index in [2.05, 4.69) is 19.2 Å². The Balaban J connectivity index is 1.85. The van der Waals surface area contributed by atoms with Crippen LogP contribution < -0.4 is 5.32 Å². The Hall–Kier alpha value is -0.0800. The quantitative estimate of drug-likeness (QED) is 0.758. The minimum Gasteiger partial charge on any atom is -0.381 e. The Labute approximate surface area is 93.8 Å². The second kappa shape index (κ2) is 4.84. The van der Waals surface area contributed by atoms with Crippen LogP contribution in [0.15, 0.2) is 0 Å². The number of hydrogen-bond donors (Lipinski definition) is 1. The van der Waals surface area contributed by atoms with Gasteiger partial charge in [-0.1, -0.05) is 26.7 Å². The Kier molecular flexibility index (Phi) is 3.68. The van der Waals surface area contributed by atoms with E-state index in [0.717, 1.165) is 19.3 Å². The largest absolute Gasteiger partial charge is 0.381 e. The molecule has 1 atom stereocenters. The fourth-order valence-corrected chi connectivity index (χ4v) is 2.95. The molecule has 88 valence electrons. The smallest absolute Gasteiger partial charge is 0.0480 e. The van der Waals surface area contributed by atoms with Crippen molar-refractivity contribution in [1.29, 1.82) is 0 Å². The van der Waals surface area contributed by atoms with E-state index in [1.807, 2.05) is 0 Å². The van der Waals surface area contributed by atoms with Crippen LogP contribution in [0.25, 0.3) is 0 Å². The van der Waals surface area contributed by atoms with Crippen molar-refractivity contribution in [2.75, 3.05) is 13.2 Å². The summed E-state index contributed by atoms with van der Waals surface area (Å²) < 4.78 is 5.40. The van der Waals surface area contributed by atoms with E-state index in [9.17, 15) is 0 Å². The van der Waals surface area contributed by atoms with Gasteiger partial charge in [0.2, 0.25) is 0 Å². The monoisotopic (exact) mass is 211 g/mol. The van der Waals surface area contributed by atoms with Crippen molar-refractivity contribution in [2.45, 2.75) is 64.5 Å². The molecule has 1 heterocycles. The molecular weight excluding hydrogens is 186 g/mol. The van der Waals surface area contributed by atoms with Crippen LogP contribution in [0.2, 0.25) is 0 Å². The molecule has 0 radical (unpaired) electrons. The number of ether oxygens (including phenoxy) is 1. The first-order valence-corrected chi connectivity index (χ1v) is 6.52. The molecule has 1 aliphatic heterocycles. The van der Waals surface area contributed by atoms with Crippen molar-refractivity contribution in [2.24, 2.45) is 5.41 Å². The summed E-state index contributed by atoms with van der Waals surface area (Å²) in [6, 6.07) is 1.44. The Bertz CT molecular complexity index is 197. The topological polar surface area (TPSA) is 21.3 Å². The van der Waals surface area contributed by atoms with Gasteiger partial charge in [-0.2, -0.15) is 0 Å². The van der Waals surface area contributed by atoms with Crippen molar-refractivity contribution in [3.05, 3.63) is 0 Å². The lowest BCUT2D eigenvalue weighted by atomic mass is 9.73. The number of hydrogen-bond acceptors (Lipinski definition) is 2.